The fourth-order valence-electron chi connectivity index (χ4n) is 1.90. The molecule has 0 amide bonds. The molecule has 0 aliphatic rings. The number of aryl methyl sites for hydroxylation is 1. The molecule has 1 N–H and O–H groups in total. The first kappa shape index (κ1) is 15.4. The average molecular weight is 376 g/mol. The summed E-state index contributed by atoms with van der Waals surface area (Å²) in [7, 11) is -2.47. The molecule has 2 rings (SSSR count). The second kappa shape index (κ2) is 5.80. The van der Waals surface area contributed by atoms with Gasteiger partial charge < -0.3 is 9.88 Å². The van der Waals surface area contributed by atoms with Gasteiger partial charge in [0, 0.05) is 12.4 Å². The maximum atomic E-state index is 12.4. The molecule has 0 unspecified atom stereocenters. The molecule has 0 spiro atoms. The summed E-state index contributed by atoms with van der Waals surface area (Å²) in [6.07, 6.45) is 3.22. The highest BCUT2D eigenvalue weighted by Gasteiger charge is 2.20. The highest BCUT2D eigenvalue weighted by atomic mass is 79.9. The third-order valence-corrected chi connectivity index (χ3v) is 5.02. The van der Waals surface area contributed by atoms with Crippen molar-refractivity contribution < 1.29 is 4.57 Å². The van der Waals surface area contributed by atoms with E-state index in [0.29, 0.717) is 21.3 Å². The molecule has 2 aromatic rings. The minimum atomic E-state index is -2.47. The van der Waals surface area contributed by atoms with Gasteiger partial charge in [0.05, 0.1) is 21.2 Å². The maximum absolute atomic E-state index is 12.4. The van der Waals surface area contributed by atoms with E-state index in [9.17, 15) is 4.57 Å². The van der Waals surface area contributed by atoms with Gasteiger partial charge >= 0.3 is 0 Å². The third-order valence-electron chi connectivity index (χ3n) is 2.61. The van der Waals surface area contributed by atoms with Gasteiger partial charge in [-0.2, -0.15) is 4.98 Å². The van der Waals surface area contributed by atoms with Gasteiger partial charge in [0.25, 0.3) is 0 Å². The first-order chi connectivity index (χ1) is 9.29. The van der Waals surface area contributed by atoms with E-state index >= 15 is 0 Å². The molecule has 20 heavy (non-hydrogen) atoms. The van der Waals surface area contributed by atoms with Crippen molar-refractivity contribution in [1.29, 1.82) is 0 Å². The quantitative estimate of drug-likeness (QED) is 0.656. The molecule has 0 aliphatic heterocycles. The Morgan fingerprint density at radius 2 is 2.05 bits per heavy atom. The van der Waals surface area contributed by atoms with Crippen LogP contribution >= 0.6 is 34.7 Å². The van der Waals surface area contributed by atoms with Crippen LogP contribution in [-0.2, 0) is 4.57 Å². The Kier molecular flexibility index (Phi) is 4.47. The van der Waals surface area contributed by atoms with Gasteiger partial charge in [-0.05, 0) is 53.9 Å². The molecule has 0 saturated heterocycles. The van der Waals surface area contributed by atoms with Crippen LogP contribution in [0.3, 0.4) is 0 Å². The molecule has 0 aliphatic carbocycles. The molecule has 0 atom stereocenters. The van der Waals surface area contributed by atoms with E-state index in [1.807, 2.05) is 6.92 Å². The molecular weight excluding hydrogens is 362 g/mol. The van der Waals surface area contributed by atoms with Gasteiger partial charge in [-0.3, -0.25) is 4.98 Å². The van der Waals surface area contributed by atoms with E-state index in [-0.39, 0.29) is 5.28 Å². The van der Waals surface area contributed by atoms with Crippen molar-refractivity contribution in [2.75, 3.05) is 18.6 Å². The van der Waals surface area contributed by atoms with E-state index < -0.39 is 7.14 Å². The van der Waals surface area contributed by atoms with E-state index in [2.05, 4.69) is 36.2 Å². The standard InChI is InChI=1S/C12H13BrClN4OP/c1-7-10(20(2,3)19)9(4-5-15-7)17-11-8(13)6-16-12(14)18-11/h4-6H,1-3H3,(H,15,16,17,18). The second-order valence-corrected chi connectivity index (χ2v) is 8.95. The van der Waals surface area contributed by atoms with Crippen LogP contribution in [0.15, 0.2) is 22.9 Å². The highest BCUT2D eigenvalue weighted by molar-refractivity contribution is 9.10. The number of pyridine rings is 1. The summed E-state index contributed by atoms with van der Waals surface area (Å²) in [5, 5.41) is 3.98. The highest BCUT2D eigenvalue weighted by Crippen LogP contribution is 2.39. The van der Waals surface area contributed by atoms with Crippen molar-refractivity contribution in [3.05, 3.63) is 33.9 Å². The van der Waals surface area contributed by atoms with Gasteiger partial charge in [-0.25, -0.2) is 4.98 Å². The zero-order valence-corrected chi connectivity index (χ0v) is 14.4. The van der Waals surface area contributed by atoms with Crippen LogP contribution in [0.5, 0.6) is 0 Å². The largest absolute Gasteiger partial charge is 0.338 e. The van der Waals surface area contributed by atoms with Crippen molar-refractivity contribution in [2.24, 2.45) is 0 Å². The summed E-state index contributed by atoms with van der Waals surface area (Å²) in [4.78, 5) is 12.2. The summed E-state index contributed by atoms with van der Waals surface area (Å²) in [5.41, 5.74) is 1.45. The predicted molar refractivity (Wildman–Crippen MR) is 86.1 cm³/mol. The number of aromatic nitrogens is 3. The molecule has 2 aromatic heterocycles. The number of halogens is 2. The van der Waals surface area contributed by atoms with Crippen molar-refractivity contribution in [1.82, 2.24) is 15.0 Å². The molecule has 0 radical (unpaired) electrons. The van der Waals surface area contributed by atoms with Crippen LogP contribution < -0.4 is 10.6 Å². The fraction of sp³-hybridized carbons (Fsp3) is 0.250. The zero-order chi connectivity index (χ0) is 14.9. The molecule has 5 nitrogen and oxygen atoms in total. The van der Waals surface area contributed by atoms with Crippen molar-refractivity contribution in [2.45, 2.75) is 6.92 Å². The maximum Gasteiger partial charge on any atom is 0.224 e. The molecule has 0 saturated carbocycles. The van der Waals surface area contributed by atoms with Gasteiger partial charge in [-0.1, -0.05) is 0 Å². The molecule has 0 fully saturated rings. The van der Waals surface area contributed by atoms with E-state index in [4.69, 9.17) is 11.6 Å². The first-order valence-corrected chi connectivity index (χ1v) is 9.52. The lowest BCUT2D eigenvalue weighted by Gasteiger charge is -2.17. The monoisotopic (exact) mass is 374 g/mol. The Morgan fingerprint density at radius 3 is 2.70 bits per heavy atom. The first-order valence-electron chi connectivity index (χ1n) is 5.75. The van der Waals surface area contributed by atoms with Crippen LogP contribution in [0.1, 0.15) is 5.69 Å². The van der Waals surface area contributed by atoms with Gasteiger partial charge in [0.15, 0.2) is 0 Å². The summed E-state index contributed by atoms with van der Waals surface area (Å²) in [6.45, 7) is 5.26. The zero-order valence-electron chi connectivity index (χ0n) is 11.2. The number of rotatable bonds is 3. The number of hydrogen-bond donors (Lipinski definition) is 1. The minimum Gasteiger partial charge on any atom is -0.338 e. The fourth-order valence-corrected chi connectivity index (χ4v) is 3.87. The summed E-state index contributed by atoms with van der Waals surface area (Å²) < 4.78 is 13.1. The minimum absolute atomic E-state index is 0.138. The van der Waals surface area contributed by atoms with Crippen molar-refractivity contribution >= 4 is 51.5 Å². The average Bonchev–Trinajstić information content (AvgIpc) is 2.32. The van der Waals surface area contributed by atoms with E-state index in [0.717, 1.165) is 5.69 Å². The molecule has 106 valence electrons. The third kappa shape index (κ3) is 3.37. The molecule has 2 heterocycles. The lowest BCUT2D eigenvalue weighted by atomic mass is 10.3. The SMILES string of the molecule is Cc1nccc(Nc2nc(Cl)ncc2Br)c1P(C)(C)=O. The van der Waals surface area contributed by atoms with Gasteiger partial charge in [0.1, 0.15) is 13.0 Å². The van der Waals surface area contributed by atoms with Gasteiger partial charge in [0.2, 0.25) is 5.28 Å². The van der Waals surface area contributed by atoms with Crippen molar-refractivity contribution in [3.63, 3.8) is 0 Å². The smallest absolute Gasteiger partial charge is 0.224 e. The lowest BCUT2D eigenvalue weighted by Crippen LogP contribution is -2.15. The number of hydrogen-bond acceptors (Lipinski definition) is 5. The molecule has 8 heteroatoms. The van der Waals surface area contributed by atoms with Crippen LogP contribution in [-0.4, -0.2) is 28.3 Å². The summed E-state index contributed by atoms with van der Waals surface area (Å²) >= 11 is 9.14. The predicted octanol–water partition coefficient (Wildman–Crippen LogP) is 3.59. The van der Waals surface area contributed by atoms with E-state index in [1.54, 1.807) is 31.8 Å². The Hall–Kier alpha value is -0.970. The topological polar surface area (TPSA) is 67.8 Å². The second-order valence-electron chi connectivity index (χ2n) is 4.60. The number of nitrogens with one attached hydrogen (secondary N) is 1. The Morgan fingerprint density at radius 1 is 1.35 bits per heavy atom. The van der Waals surface area contributed by atoms with E-state index in [1.165, 1.54) is 0 Å². The van der Waals surface area contributed by atoms with Gasteiger partial charge in [-0.15, -0.1) is 0 Å². The number of nitrogens with zero attached hydrogens (tertiary/aromatic N) is 3. The Balaban J connectivity index is 2.52. The van der Waals surface area contributed by atoms with Crippen LogP contribution in [0.4, 0.5) is 11.5 Å². The van der Waals surface area contributed by atoms with Crippen molar-refractivity contribution in [3.8, 4) is 0 Å². The lowest BCUT2D eigenvalue weighted by molar-refractivity contribution is 0.588. The number of anilines is 2. The van der Waals surface area contributed by atoms with Crippen LogP contribution in [0.25, 0.3) is 0 Å². The Bertz CT molecular complexity index is 704. The molecule has 0 aromatic carbocycles. The summed E-state index contributed by atoms with van der Waals surface area (Å²) in [6, 6.07) is 1.77. The normalized spacial score (nSPS) is 11.4. The molecular formula is C12H13BrClN4OP. The molecule has 0 bridgehead atoms. The summed E-state index contributed by atoms with van der Waals surface area (Å²) in [5.74, 6) is 0.519. The Labute approximate surface area is 130 Å². The van der Waals surface area contributed by atoms with Crippen LogP contribution in [0, 0.1) is 6.92 Å². The van der Waals surface area contributed by atoms with Crippen LogP contribution in [0.2, 0.25) is 5.28 Å².